The highest BCUT2D eigenvalue weighted by Gasteiger charge is 2.04. The SMILES string of the molecule is Cc1coc(-c2ccc(NC(C)C)cc2)n1. The molecule has 0 saturated heterocycles. The molecule has 0 radical (unpaired) electrons. The highest BCUT2D eigenvalue weighted by molar-refractivity contribution is 5.58. The van der Waals surface area contributed by atoms with E-state index in [-0.39, 0.29) is 0 Å². The van der Waals surface area contributed by atoms with Gasteiger partial charge in [-0.3, -0.25) is 0 Å². The fourth-order valence-electron chi connectivity index (χ4n) is 1.53. The summed E-state index contributed by atoms with van der Waals surface area (Å²) < 4.78 is 5.34. The zero-order valence-electron chi connectivity index (χ0n) is 9.82. The van der Waals surface area contributed by atoms with Crippen LogP contribution in [0.25, 0.3) is 11.5 Å². The molecule has 0 aliphatic rings. The maximum atomic E-state index is 5.34. The zero-order chi connectivity index (χ0) is 11.5. The normalized spacial score (nSPS) is 10.8. The lowest BCUT2D eigenvalue weighted by atomic mass is 10.2. The second kappa shape index (κ2) is 4.39. The van der Waals surface area contributed by atoms with Crippen LogP contribution in [0.3, 0.4) is 0 Å². The van der Waals surface area contributed by atoms with E-state index in [9.17, 15) is 0 Å². The van der Waals surface area contributed by atoms with Crippen LogP contribution in [0.15, 0.2) is 34.9 Å². The number of hydrogen-bond acceptors (Lipinski definition) is 3. The van der Waals surface area contributed by atoms with E-state index >= 15 is 0 Å². The van der Waals surface area contributed by atoms with Crippen LogP contribution < -0.4 is 5.32 Å². The minimum atomic E-state index is 0.440. The Morgan fingerprint density at radius 2 is 1.88 bits per heavy atom. The molecule has 1 aromatic carbocycles. The molecular weight excluding hydrogens is 200 g/mol. The van der Waals surface area contributed by atoms with Gasteiger partial charge in [-0.2, -0.15) is 0 Å². The summed E-state index contributed by atoms with van der Waals surface area (Å²) in [4.78, 5) is 4.28. The summed E-state index contributed by atoms with van der Waals surface area (Å²) >= 11 is 0. The molecule has 0 unspecified atom stereocenters. The van der Waals surface area contributed by atoms with Crippen LogP contribution in [0.2, 0.25) is 0 Å². The number of oxazole rings is 1. The zero-order valence-corrected chi connectivity index (χ0v) is 9.82. The van der Waals surface area contributed by atoms with Crippen molar-refractivity contribution < 1.29 is 4.42 Å². The Hall–Kier alpha value is -1.77. The first kappa shape index (κ1) is 10.7. The fraction of sp³-hybridized carbons (Fsp3) is 0.308. The Balaban J connectivity index is 2.19. The van der Waals surface area contributed by atoms with Gasteiger partial charge in [0.2, 0.25) is 5.89 Å². The van der Waals surface area contributed by atoms with E-state index in [0.29, 0.717) is 11.9 Å². The van der Waals surface area contributed by atoms with Crippen molar-refractivity contribution in [3.05, 3.63) is 36.2 Å². The van der Waals surface area contributed by atoms with E-state index in [0.717, 1.165) is 16.9 Å². The third kappa shape index (κ3) is 2.42. The minimum absolute atomic E-state index is 0.440. The summed E-state index contributed by atoms with van der Waals surface area (Å²) in [6.45, 7) is 6.15. The number of aromatic nitrogens is 1. The van der Waals surface area contributed by atoms with Gasteiger partial charge < -0.3 is 9.73 Å². The molecule has 0 amide bonds. The van der Waals surface area contributed by atoms with Gasteiger partial charge >= 0.3 is 0 Å². The highest BCUT2D eigenvalue weighted by Crippen LogP contribution is 2.20. The van der Waals surface area contributed by atoms with Crippen LogP contribution in [-0.2, 0) is 0 Å². The van der Waals surface area contributed by atoms with Crippen LogP contribution in [0.4, 0.5) is 5.69 Å². The lowest BCUT2D eigenvalue weighted by Gasteiger charge is -2.09. The smallest absolute Gasteiger partial charge is 0.226 e. The third-order valence-electron chi connectivity index (χ3n) is 2.21. The Kier molecular flexibility index (Phi) is 2.95. The standard InChI is InChI=1S/C13H16N2O/c1-9(2)14-12-6-4-11(5-7-12)13-15-10(3)8-16-13/h4-9,14H,1-3H3. The van der Waals surface area contributed by atoms with E-state index in [4.69, 9.17) is 4.42 Å². The molecule has 1 N–H and O–H groups in total. The molecule has 0 spiro atoms. The number of rotatable bonds is 3. The van der Waals surface area contributed by atoms with Gasteiger partial charge in [-0.1, -0.05) is 0 Å². The number of nitrogens with zero attached hydrogens (tertiary/aromatic N) is 1. The van der Waals surface area contributed by atoms with Crippen molar-refractivity contribution in [3.63, 3.8) is 0 Å². The molecule has 3 nitrogen and oxygen atoms in total. The third-order valence-corrected chi connectivity index (χ3v) is 2.21. The van der Waals surface area contributed by atoms with Crippen LogP contribution in [-0.4, -0.2) is 11.0 Å². The number of benzene rings is 1. The van der Waals surface area contributed by atoms with Crippen LogP contribution >= 0.6 is 0 Å². The van der Waals surface area contributed by atoms with Crippen molar-refractivity contribution >= 4 is 5.69 Å². The second-order valence-electron chi connectivity index (χ2n) is 4.17. The lowest BCUT2D eigenvalue weighted by molar-refractivity contribution is 0.573. The van der Waals surface area contributed by atoms with Gasteiger partial charge in [0.25, 0.3) is 0 Å². The van der Waals surface area contributed by atoms with E-state index < -0.39 is 0 Å². The number of anilines is 1. The number of aryl methyl sites for hydroxylation is 1. The Morgan fingerprint density at radius 3 is 2.38 bits per heavy atom. The Labute approximate surface area is 95.5 Å². The quantitative estimate of drug-likeness (QED) is 0.853. The number of hydrogen-bond donors (Lipinski definition) is 1. The molecular formula is C13H16N2O. The second-order valence-corrected chi connectivity index (χ2v) is 4.17. The molecule has 0 fully saturated rings. The molecule has 0 aliphatic carbocycles. The molecule has 3 heteroatoms. The minimum Gasteiger partial charge on any atom is -0.444 e. The topological polar surface area (TPSA) is 38.1 Å². The van der Waals surface area contributed by atoms with E-state index in [1.165, 1.54) is 0 Å². The van der Waals surface area contributed by atoms with Crippen molar-refractivity contribution in [3.8, 4) is 11.5 Å². The predicted octanol–water partition coefficient (Wildman–Crippen LogP) is 3.47. The molecule has 0 atom stereocenters. The van der Waals surface area contributed by atoms with E-state index in [1.54, 1.807) is 6.26 Å². The molecule has 0 bridgehead atoms. The van der Waals surface area contributed by atoms with Gasteiger partial charge in [0.05, 0.1) is 5.69 Å². The average molecular weight is 216 g/mol. The van der Waals surface area contributed by atoms with Crippen molar-refractivity contribution in [1.29, 1.82) is 0 Å². The predicted molar refractivity (Wildman–Crippen MR) is 65.4 cm³/mol. The van der Waals surface area contributed by atoms with Crippen molar-refractivity contribution in [2.45, 2.75) is 26.8 Å². The molecule has 0 aliphatic heterocycles. The van der Waals surface area contributed by atoms with Crippen LogP contribution in [0, 0.1) is 6.92 Å². The first-order valence-electron chi connectivity index (χ1n) is 5.44. The molecule has 0 saturated carbocycles. The monoisotopic (exact) mass is 216 g/mol. The highest BCUT2D eigenvalue weighted by atomic mass is 16.3. The van der Waals surface area contributed by atoms with E-state index in [2.05, 4.69) is 24.1 Å². The molecule has 2 rings (SSSR count). The Morgan fingerprint density at radius 1 is 1.19 bits per heavy atom. The van der Waals surface area contributed by atoms with Crippen molar-refractivity contribution in [2.24, 2.45) is 0 Å². The summed E-state index contributed by atoms with van der Waals surface area (Å²) in [6.07, 6.45) is 1.66. The lowest BCUT2D eigenvalue weighted by Crippen LogP contribution is -2.09. The fourth-order valence-corrected chi connectivity index (χ4v) is 1.53. The molecule has 2 aromatic rings. The van der Waals surface area contributed by atoms with Gasteiger partial charge in [-0.25, -0.2) is 4.98 Å². The maximum Gasteiger partial charge on any atom is 0.226 e. The number of nitrogens with one attached hydrogen (secondary N) is 1. The first-order valence-corrected chi connectivity index (χ1v) is 5.44. The first-order chi connectivity index (χ1) is 7.65. The van der Waals surface area contributed by atoms with Gasteiger partial charge in [0, 0.05) is 17.3 Å². The van der Waals surface area contributed by atoms with Crippen LogP contribution in [0.1, 0.15) is 19.5 Å². The summed E-state index contributed by atoms with van der Waals surface area (Å²) in [5, 5.41) is 3.34. The summed E-state index contributed by atoms with van der Waals surface area (Å²) in [6, 6.07) is 8.53. The van der Waals surface area contributed by atoms with Gasteiger partial charge in [0.1, 0.15) is 6.26 Å². The maximum absolute atomic E-state index is 5.34. The van der Waals surface area contributed by atoms with Gasteiger partial charge in [0.15, 0.2) is 0 Å². The summed E-state index contributed by atoms with van der Waals surface area (Å²) in [7, 11) is 0. The van der Waals surface area contributed by atoms with Crippen molar-refractivity contribution in [2.75, 3.05) is 5.32 Å². The average Bonchev–Trinajstić information content (AvgIpc) is 2.65. The molecule has 1 aromatic heterocycles. The van der Waals surface area contributed by atoms with E-state index in [1.807, 2.05) is 31.2 Å². The van der Waals surface area contributed by atoms with Crippen molar-refractivity contribution in [1.82, 2.24) is 4.98 Å². The van der Waals surface area contributed by atoms with Gasteiger partial charge in [-0.15, -0.1) is 0 Å². The Bertz CT molecular complexity index is 457. The van der Waals surface area contributed by atoms with Crippen LogP contribution in [0.5, 0.6) is 0 Å². The molecule has 1 heterocycles. The van der Waals surface area contributed by atoms with Gasteiger partial charge in [-0.05, 0) is 45.0 Å². The largest absolute Gasteiger partial charge is 0.444 e. The summed E-state index contributed by atoms with van der Waals surface area (Å²) in [5.41, 5.74) is 3.02. The summed E-state index contributed by atoms with van der Waals surface area (Å²) in [5.74, 6) is 0.675. The molecule has 84 valence electrons. The molecule has 16 heavy (non-hydrogen) atoms.